The van der Waals surface area contributed by atoms with Crippen LogP contribution in [0.5, 0.6) is 0 Å². The van der Waals surface area contributed by atoms with Crippen LogP contribution in [0.25, 0.3) is 87.9 Å². The van der Waals surface area contributed by atoms with Gasteiger partial charge in [0, 0.05) is 10.9 Å². The molecule has 0 atom stereocenters. The quantitative estimate of drug-likeness (QED) is 0.149. The summed E-state index contributed by atoms with van der Waals surface area (Å²) in [5, 5.41) is 8.55. The molecule has 0 unspecified atom stereocenters. The zero-order valence-electron chi connectivity index (χ0n) is 31.8. The Balaban J connectivity index is 1.11. The van der Waals surface area contributed by atoms with Crippen molar-refractivity contribution in [1.82, 2.24) is 4.98 Å². The predicted molar refractivity (Wildman–Crippen MR) is 244 cm³/mol. The van der Waals surface area contributed by atoms with Crippen molar-refractivity contribution in [1.29, 1.82) is 0 Å². The Morgan fingerprint density at radius 2 is 1.00 bits per heavy atom. The van der Waals surface area contributed by atoms with E-state index in [1.807, 2.05) is 0 Å². The molecular formula is C56H39N. The lowest BCUT2D eigenvalue weighted by Gasteiger charge is -2.19. The van der Waals surface area contributed by atoms with Gasteiger partial charge in [-0.1, -0.05) is 176 Å². The van der Waals surface area contributed by atoms with Crippen molar-refractivity contribution >= 4 is 54.4 Å². The maximum atomic E-state index is 5.11. The SMILES string of the molecule is C=C(/C=C(/c1ccc2ccccc2c1)c1cc(-c2ccc3ccccc3c2)c2ccccc2c1C)c1ccc(-c2cc(-c3ccccc3)c3ccccc3n2)cc1. The lowest BCUT2D eigenvalue weighted by atomic mass is 9.85. The maximum Gasteiger partial charge on any atom is 0.0715 e. The molecule has 1 heterocycles. The third-order valence-corrected chi connectivity index (χ3v) is 11.4. The second-order valence-electron chi connectivity index (χ2n) is 14.9. The summed E-state index contributed by atoms with van der Waals surface area (Å²) in [6, 6.07) is 71.9. The van der Waals surface area contributed by atoms with Gasteiger partial charge in [0.15, 0.2) is 0 Å². The maximum absolute atomic E-state index is 5.11. The number of rotatable bonds is 7. The summed E-state index contributed by atoms with van der Waals surface area (Å²) in [5.41, 5.74) is 14.5. The Morgan fingerprint density at radius 1 is 0.439 bits per heavy atom. The van der Waals surface area contributed by atoms with Gasteiger partial charge in [-0.2, -0.15) is 0 Å². The Morgan fingerprint density at radius 3 is 1.75 bits per heavy atom. The Bertz CT molecular complexity index is 3190. The average Bonchev–Trinajstić information content (AvgIpc) is 3.28. The van der Waals surface area contributed by atoms with Gasteiger partial charge in [0.05, 0.1) is 11.2 Å². The number of allylic oxidation sites excluding steroid dienone is 2. The van der Waals surface area contributed by atoms with Crippen LogP contribution in [0, 0.1) is 6.92 Å². The smallest absolute Gasteiger partial charge is 0.0715 e. The van der Waals surface area contributed by atoms with E-state index in [1.54, 1.807) is 0 Å². The predicted octanol–water partition coefficient (Wildman–Crippen LogP) is 15.1. The molecule has 1 heteroatoms. The first-order valence-corrected chi connectivity index (χ1v) is 19.6. The number of benzene rings is 9. The van der Waals surface area contributed by atoms with Crippen LogP contribution in [-0.4, -0.2) is 4.98 Å². The fourth-order valence-electron chi connectivity index (χ4n) is 8.36. The molecule has 0 amide bonds. The molecule has 0 saturated carbocycles. The number of aromatic nitrogens is 1. The molecule has 9 aromatic carbocycles. The molecule has 10 rings (SSSR count). The first kappa shape index (κ1) is 34.2. The van der Waals surface area contributed by atoms with Gasteiger partial charge in [0.1, 0.15) is 0 Å². The number of nitrogens with zero attached hydrogens (tertiary/aromatic N) is 1. The van der Waals surface area contributed by atoms with E-state index in [0.29, 0.717) is 0 Å². The van der Waals surface area contributed by atoms with Gasteiger partial charge in [0.2, 0.25) is 0 Å². The monoisotopic (exact) mass is 725 g/mol. The second-order valence-corrected chi connectivity index (χ2v) is 14.9. The Hall–Kier alpha value is -7.35. The number of fused-ring (bicyclic) bond motifs is 4. The van der Waals surface area contributed by atoms with E-state index in [2.05, 4.69) is 220 Å². The van der Waals surface area contributed by atoms with Crippen LogP contribution in [-0.2, 0) is 0 Å². The molecule has 0 aliphatic heterocycles. The number of para-hydroxylation sites is 1. The highest BCUT2D eigenvalue weighted by Crippen LogP contribution is 2.40. The van der Waals surface area contributed by atoms with Crippen molar-refractivity contribution in [2.24, 2.45) is 0 Å². The number of hydrogen-bond donors (Lipinski definition) is 0. The van der Waals surface area contributed by atoms with Crippen LogP contribution in [0.4, 0.5) is 0 Å². The minimum absolute atomic E-state index is 0.945. The van der Waals surface area contributed by atoms with Gasteiger partial charge >= 0.3 is 0 Å². The molecule has 0 N–H and O–H groups in total. The molecule has 57 heavy (non-hydrogen) atoms. The van der Waals surface area contributed by atoms with E-state index < -0.39 is 0 Å². The third-order valence-electron chi connectivity index (χ3n) is 11.4. The van der Waals surface area contributed by atoms with Gasteiger partial charge in [-0.25, -0.2) is 4.98 Å². The molecule has 1 nitrogen and oxygen atoms in total. The molecule has 0 radical (unpaired) electrons. The van der Waals surface area contributed by atoms with Crippen molar-refractivity contribution in [2.45, 2.75) is 6.92 Å². The van der Waals surface area contributed by atoms with Crippen LogP contribution in [0.1, 0.15) is 22.3 Å². The Kier molecular flexibility index (Phi) is 8.62. The highest BCUT2D eigenvalue weighted by Gasteiger charge is 2.17. The average molecular weight is 726 g/mol. The lowest BCUT2D eigenvalue weighted by molar-refractivity contribution is 1.39. The van der Waals surface area contributed by atoms with Crippen LogP contribution in [0.3, 0.4) is 0 Å². The van der Waals surface area contributed by atoms with Gasteiger partial charge in [-0.15, -0.1) is 0 Å². The largest absolute Gasteiger partial charge is 0.248 e. The molecule has 0 fully saturated rings. The fourth-order valence-corrected chi connectivity index (χ4v) is 8.36. The molecule has 0 aliphatic rings. The third kappa shape index (κ3) is 6.40. The molecule has 1 aromatic heterocycles. The summed E-state index contributed by atoms with van der Waals surface area (Å²) in [7, 11) is 0. The van der Waals surface area contributed by atoms with E-state index in [-0.39, 0.29) is 0 Å². The number of aryl methyl sites for hydroxylation is 1. The lowest BCUT2D eigenvalue weighted by Crippen LogP contribution is -1.97. The first-order chi connectivity index (χ1) is 28.1. The van der Waals surface area contributed by atoms with Crippen molar-refractivity contribution in [3.05, 3.63) is 235 Å². The van der Waals surface area contributed by atoms with Crippen LogP contribution >= 0.6 is 0 Å². The second kappa shape index (κ2) is 14.4. The summed E-state index contributed by atoms with van der Waals surface area (Å²) in [6.07, 6.45) is 2.28. The minimum atomic E-state index is 0.945. The molecule has 0 aliphatic carbocycles. The highest BCUT2D eigenvalue weighted by atomic mass is 14.7. The topological polar surface area (TPSA) is 12.9 Å². The standard InChI is InChI=1S/C56H39N/c1-37(39-24-28-43(29-25-39)56-36-54(42-16-4-3-5-17-42)50-22-12-13-23-55(50)57-56)32-52(46-30-26-40-14-6-8-18-44(40)33-46)51-35-53(49-21-11-10-20-48(49)38(51)2)47-31-27-41-15-7-9-19-45(41)34-47/h3-36H,1H2,2H3/b52-32-. The summed E-state index contributed by atoms with van der Waals surface area (Å²) in [5.74, 6) is 0. The number of hydrogen-bond acceptors (Lipinski definition) is 1. The summed E-state index contributed by atoms with van der Waals surface area (Å²) < 4.78 is 0. The fraction of sp³-hybridized carbons (Fsp3) is 0.0179. The molecule has 268 valence electrons. The van der Waals surface area contributed by atoms with Crippen LogP contribution in [0.15, 0.2) is 213 Å². The zero-order valence-corrected chi connectivity index (χ0v) is 31.8. The summed E-state index contributed by atoms with van der Waals surface area (Å²) in [6.45, 7) is 6.95. The Labute approximate surface area is 333 Å². The van der Waals surface area contributed by atoms with Gasteiger partial charge in [-0.3, -0.25) is 0 Å². The van der Waals surface area contributed by atoms with Crippen molar-refractivity contribution in [3.8, 4) is 33.5 Å². The van der Waals surface area contributed by atoms with E-state index in [1.165, 1.54) is 65.7 Å². The molecule has 0 spiro atoms. The van der Waals surface area contributed by atoms with Gasteiger partial charge in [-0.05, 0) is 131 Å². The zero-order chi connectivity index (χ0) is 38.3. The van der Waals surface area contributed by atoms with Crippen molar-refractivity contribution in [3.63, 3.8) is 0 Å². The van der Waals surface area contributed by atoms with Gasteiger partial charge < -0.3 is 0 Å². The van der Waals surface area contributed by atoms with E-state index in [9.17, 15) is 0 Å². The van der Waals surface area contributed by atoms with E-state index in [0.717, 1.165) is 44.4 Å². The van der Waals surface area contributed by atoms with Gasteiger partial charge in [0.25, 0.3) is 0 Å². The first-order valence-electron chi connectivity index (χ1n) is 19.6. The summed E-state index contributed by atoms with van der Waals surface area (Å²) >= 11 is 0. The van der Waals surface area contributed by atoms with Crippen molar-refractivity contribution in [2.75, 3.05) is 0 Å². The minimum Gasteiger partial charge on any atom is -0.248 e. The van der Waals surface area contributed by atoms with E-state index in [4.69, 9.17) is 4.98 Å². The highest BCUT2D eigenvalue weighted by molar-refractivity contribution is 6.05. The molecule has 0 saturated heterocycles. The van der Waals surface area contributed by atoms with Crippen LogP contribution in [0.2, 0.25) is 0 Å². The van der Waals surface area contributed by atoms with Crippen LogP contribution < -0.4 is 0 Å². The summed E-state index contributed by atoms with van der Waals surface area (Å²) in [4.78, 5) is 5.11. The van der Waals surface area contributed by atoms with E-state index >= 15 is 0 Å². The molecular weight excluding hydrogens is 687 g/mol. The molecule has 0 bridgehead atoms. The normalized spacial score (nSPS) is 11.8. The number of pyridine rings is 1. The van der Waals surface area contributed by atoms with Crippen molar-refractivity contribution < 1.29 is 0 Å². The molecule has 10 aromatic rings.